The van der Waals surface area contributed by atoms with Crippen LogP contribution < -0.4 is 0 Å². The van der Waals surface area contributed by atoms with Gasteiger partial charge in [0.1, 0.15) is 11.6 Å². The van der Waals surface area contributed by atoms with Gasteiger partial charge >= 0.3 is 0 Å². The molecule has 3 nitrogen and oxygen atoms in total. The van der Waals surface area contributed by atoms with Crippen molar-refractivity contribution in [2.75, 3.05) is 7.05 Å². The third-order valence-corrected chi connectivity index (χ3v) is 3.40. The van der Waals surface area contributed by atoms with Crippen LogP contribution in [0.3, 0.4) is 0 Å². The lowest BCUT2D eigenvalue weighted by atomic mass is 10.1. The van der Waals surface area contributed by atoms with E-state index in [9.17, 15) is 14.3 Å². The predicted octanol–water partition coefficient (Wildman–Crippen LogP) is 3.57. The van der Waals surface area contributed by atoms with E-state index in [2.05, 4.69) is 15.9 Å². The summed E-state index contributed by atoms with van der Waals surface area (Å²) in [6.07, 6.45) is 0. The Labute approximate surface area is 124 Å². The van der Waals surface area contributed by atoms with Gasteiger partial charge < -0.3 is 10.0 Å². The first-order chi connectivity index (χ1) is 9.47. The van der Waals surface area contributed by atoms with Crippen LogP contribution in [0.15, 0.2) is 46.9 Å². The third-order valence-electron chi connectivity index (χ3n) is 2.87. The van der Waals surface area contributed by atoms with Crippen LogP contribution in [0, 0.1) is 5.82 Å². The number of nitrogens with zero attached hydrogens (tertiary/aromatic N) is 1. The summed E-state index contributed by atoms with van der Waals surface area (Å²) < 4.78 is 13.9. The summed E-state index contributed by atoms with van der Waals surface area (Å²) in [6, 6.07) is 11.0. The van der Waals surface area contributed by atoms with Gasteiger partial charge in [-0.1, -0.05) is 28.1 Å². The molecule has 0 fully saturated rings. The molecular formula is C15H13BrFNO2. The van der Waals surface area contributed by atoms with E-state index in [1.54, 1.807) is 7.05 Å². The molecule has 20 heavy (non-hydrogen) atoms. The lowest BCUT2D eigenvalue weighted by molar-refractivity contribution is 0.0782. The summed E-state index contributed by atoms with van der Waals surface area (Å²) in [5.74, 6) is -1.28. The number of rotatable bonds is 3. The summed E-state index contributed by atoms with van der Waals surface area (Å²) in [7, 11) is 1.63. The van der Waals surface area contributed by atoms with Crippen LogP contribution in [0.5, 0.6) is 5.75 Å². The van der Waals surface area contributed by atoms with Crippen LogP contribution in [0.4, 0.5) is 4.39 Å². The first kappa shape index (κ1) is 14.5. The van der Waals surface area contributed by atoms with Gasteiger partial charge in [0.2, 0.25) is 0 Å². The quantitative estimate of drug-likeness (QED) is 0.930. The zero-order valence-electron chi connectivity index (χ0n) is 10.8. The molecule has 0 heterocycles. The van der Waals surface area contributed by atoms with Crippen LogP contribution in [-0.2, 0) is 6.54 Å². The molecule has 0 aliphatic heterocycles. The molecule has 0 bridgehead atoms. The highest BCUT2D eigenvalue weighted by Crippen LogP contribution is 2.20. The number of aromatic hydroxyl groups is 1. The molecule has 0 unspecified atom stereocenters. The van der Waals surface area contributed by atoms with Crippen molar-refractivity contribution in [3.05, 3.63) is 63.9 Å². The van der Waals surface area contributed by atoms with E-state index in [1.807, 2.05) is 24.3 Å². The Morgan fingerprint density at radius 2 is 1.90 bits per heavy atom. The molecule has 0 atom stereocenters. The van der Waals surface area contributed by atoms with E-state index in [0.717, 1.165) is 22.2 Å². The highest BCUT2D eigenvalue weighted by Gasteiger charge is 2.16. The van der Waals surface area contributed by atoms with Gasteiger partial charge in [-0.05, 0) is 29.8 Å². The van der Waals surface area contributed by atoms with Crippen molar-refractivity contribution >= 4 is 21.8 Å². The van der Waals surface area contributed by atoms with E-state index in [1.165, 1.54) is 11.0 Å². The first-order valence-electron chi connectivity index (χ1n) is 5.96. The molecule has 0 aromatic heterocycles. The molecule has 0 saturated heterocycles. The largest absolute Gasteiger partial charge is 0.507 e. The maximum atomic E-state index is 12.9. The minimum Gasteiger partial charge on any atom is -0.507 e. The minimum atomic E-state index is -0.574. The summed E-state index contributed by atoms with van der Waals surface area (Å²) in [4.78, 5) is 13.7. The van der Waals surface area contributed by atoms with Gasteiger partial charge in [0.15, 0.2) is 0 Å². The van der Waals surface area contributed by atoms with Gasteiger partial charge in [-0.2, -0.15) is 0 Å². The van der Waals surface area contributed by atoms with Crippen LogP contribution in [0.2, 0.25) is 0 Å². The molecule has 0 saturated carbocycles. The molecular weight excluding hydrogens is 325 g/mol. The number of benzene rings is 2. The van der Waals surface area contributed by atoms with Crippen molar-refractivity contribution < 1.29 is 14.3 Å². The lowest BCUT2D eigenvalue weighted by Gasteiger charge is -2.18. The molecule has 0 radical (unpaired) electrons. The molecule has 1 amide bonds. The number of phenolic OH excluding ortho intramolecular Hbond substituents is 1. The number of carbonyl (C=O) groups is 1. The minimum absolute atomic E-state index is 0.0889. The normalized spacial score (nSPS) is 10.3. The first-order valence-corrected chi connectivity index (χ1v) is 6.75. The van der Waals surface area contributed by atoms with Gasteiger partial charge in [0.05, 0.1) is 5.56 Å². The van der Waals surface area contributed by atoms with Crippen molar-refractivity contribution in [3.8, 4) is 5.75 Å². The molecule has 0 aliphatic carbocycles. The summed E-state index contributed by atoms with van der Waals surface area (Å²) >= 11 is 3.34. The predicted molar refractivity (Wildman–Crippen MR) is 78.0 cm³/mol. The second kappa shape index (κ2) is 6.05. The summed E-state index contributed by atoms with van der Waals surface area (Å²) in [5.41, 5.74) is 1.05. The zero-order chi connectivity index (χ0) is 14.7. The topological polar surface area (TPSA) is 40.5 Å². The van der Waals surface area contributed by atoms with Crippen molar-refractivity contribution in [1.29, 1.82) is 0 Å². The number of hydrogen-bond acceptors (Lipinski definition) is 2. The Balaban J connectivity index is 2.14. The van der Waals surface area contributed by atoms with Crippen LogP contribution in [-0.4, -0.2) is 23.0 Å². The fourth-order valence-corrected chi connectivity index (χ4v) is 2.09. The molecule has 0 aliphatic rings. The SMILES string of the molecule is CN(Cc1ccc(Br)cc1)C(=O)c1ccc(F)cc1O. The molecule has 104 valence electrons. The Morgan fingerprint density at radius 1 is 1.25 bits per heavy atom. The van der Waals surface area contributed by atoms with Crippen LogP contribution >= 0.6 is 15.9 Å². The average molecular weight is 338 g/mol. The highest BCUT2D eigenvalue weighted by atomic mass is 79.9. The Morgan fingerprint density at radius 3 is 2.50 bits per heavy atom. The van der Waals surface area contributed by atoms with Gasteiger partial charge in [0, 0.05) is 24.1 Å². The smallest absolute Gasteiger partial charge is 0.257 e. The van der Waals surface area contributed by atoms with Crippen molar-refractivity contribution in [2.45, 2.75) is 6.54 Å². The van der Waals surface area contributed by atoms with Crippen LogP contribution in [0.1, 0.15) is 15.9 Å². The Kier molecular flexibility index (Phi) is 4.39. The monoisotopic (exact) mass is 337 g/mol. The molecule has 2 aromatic carbocycles. The number of hydrogen-bond donors (Lipinski definition) is 1. The fourth-order valence-electron chi connectivity index (χ4n) is 1.83. The van der Waals surface area contributed by atoms with Crippen molar-refractivity contribution in [3.63, 3.8) is 0 Å². The second-order valence-corrected chi connectivity index (χ2v) is 5.36. The van der Waals surface area contributed by atoms with Crippen molar-refractivity contribution in [2.24, 2.45) is 0 Å². The molecule has 5 heteroatoms. The maximum absolute atomic E-state index is 12.9. The Bertz CT molecular complexity index is 628. The fraction of sp³-hybridized carbons (Fsp3) is 0.133. The standard InChI is InChI=1S/C15H13BrFNO2/c1-18(9-10-2-4-11(16)5-3-10)15(20)13-7-6-12(17)8-14(13)19/h2-8,19H,9H2,1H3. The number of phenols is 1. The number of carbonyl (C=O) groups excluding carboxylic acids is 1. The van der Waals surface area contributed by atoms with E-state index >= 15 is 0 Å². The molecule has 1 N–H and O–H groups in total. The Hall–Kier alpha value is -1.88. The molecule has 2 aromatic rings. The van der Waals surface area contributed by atoms with Gasteiger partial charge in [-0.25, -0.2) is 4.39 Å². The molecule has 0 spiro atoms. The van der Waals surface area contributed by atoms with Crippen LogP contribution in [0.25, 0.3) is 0 Å². The second-order valence-electron chi connectivity index (χ2n) is 4.45. The van der Waals surface area contributed by atoms with E-state index in [-0.39, 0.29) is 17.2 Å². The third kappa shape index (κ3) is 3.36. The zero-order valence-corrected chi connectivity index (χ0v) is 12.4. The van der Waals surface area contributed by atoms with Gasteiger partial charge in [-0.3, -0.25) is 4.79 Å². The number of halogens is 2. The maximum Gasteiger partial charge on any atom is 0.257 e. The van der Waals surface area contributed by atoms with E-state index < -0.39 is 5.82 Å². The van der Waals surface area contributed by atoms with Gasteiger partial charge in [-0.15, -0.1) is 0 Å². The lowest BCUT2D eigenvalue weighted by Crippen LogP contribution is -2.26. The van der Waals surface area contributed by atoms with Gasteiger partial charge in [0.25, 0.3) is 5.91 Å². The highest BCUT2D eigenvalue weighted by molar-refractivity contribution is 9.10. The van der Waals surface area contributed by atoms with Crippen molar-refractivity contribution in [1.82, 2.24) is 4.90 Å². The van der Waals surface area contributed by atoms with E-state index in [4.69, 9.17) is 0 Å². The number of amides is 1. The summed E-state index contributed by atoms with van der Waals surface area (Å²) in [5, 5.41) is 9.62. The molecule has 2 rings (SSSR count). The summed E-state index contributed by atoms with van der Waals surface area (Å²) in [6.45, 7) is 0.406. The average Bonchev–Trinajstić information content (AvgIpc) is 2.40. The van der Waals surface area contributed by atoms with E-state index in [0.29, 0.717) is 6.54 Å².